The number of nitrogens with zero attached hydrogens (tertiary/aromatic N) is 1. The zero-order chi connectivity index (χ0) is 25.6. The van der Waals surface area contributed by atoms with E-state index in [0.717, 1.165) is 50.1 Å². The summed E-state index contributed by atoms with van der Waals surface area (Å²) in [4.78, 5) is 14.9. The van der Waals surface area contributed by atoms with E-state index in [4.69, 9.17) is 18.9 Å². The van der Waals surface area contributed by atoms with Gasteiger partial charge in [0.2, 0.25) is 0 Å². The fraction of sp³-hybridized carbons (Fsp3) is 0.300. The molecular weight excluding hydrogens is 486 g/mol. The van der Waals surface area contributed by atoms with Crippen molar-refractivity contribution in [2.75, 3.05) is 33.4 Å². The molecule has 0 N–H and O–H groups in total. The molecule has 4 aromatic rings. The zero-order valence-electron chi connectivity index (χ0n) is 21.2. The van der Waals surface area contributed by atoms with Crippen LogP contribution in [0.3, 0.4) is 0 Å². The first kappa shape index (κ1) is 25.1. The molecule has 0 aliphatic carbocycles. The predicted molar refractivity (Wildman–Crippen MR) is 147 cm³/mol. The summed E-state index contributed by atoms with van der Waals surface area (Å²) in [5, 5.41) is 0.945. The Kier molecular flexibility index (Phi) is 7.92. The Hall–Kier alpha value is -3.55. The maximum absolute atomic E-state index is 11.5. The molecule has 6 nitrogen and oxygen atoms in total. The molecule has 1 aromatic heterocycles. The van der Waals surface area contributed by atoms with E-state index in [0.29, 0.717) is 12.4 Å². The lowest BCUT2D eigenvalue weighted by Gasteiger charge is -2.26. The van der Waals surface area contributed by atoms with Crippen molar-refractivity contribution in [1.29, 1.82) is 0 Å². The second kappa shape index (κ2) is 11.7. The summed E-state index contributed by atoms with van der Waals surface area (Å²) in [7, 11) is 1.66. The summed E-state index contributed by atoms with van der Waals surface area (Å²) in [5.41, 5.74) is 0.988. The van der Waals surface area contributed by atoms with E-state index in [1.165, 1.54) is 39.3 Å². The number of carbonyl (C=O) groups excluding carboxylic acids is 1. The van der Waals surface area contributed by atoms with Crippen LogP contribution in [0.5, 0.6) is 28.7 Å². The molecule has 7 heteroatoms. The van der Waals surface area contributed by atoms with Gasteiger partial charge < -0.3 is 18.9 Å². The molecule has 0 bridgehead atoms. The Morgan fingerprint density at radius 3 is 2.41 bits per heavy atom. The minimum atomic E-state index is -0.348. The Labute approximate surface area is 221 Å². The Balaban J connectivity index is 1.38. The minimum Gasteiger partial charge on any atom is -0.497 e. The van der Waals surface area contributed by atoms with Gasteiger partial charge in [-0.3, -0.25) is 9.69 Å². The minimum absolute atomic E-state index is 0.348. The summed E-state index contributed by atoms with van der Waals surface area (Å²) in [6, 6.07) is 21.3. The van der Waals surface area contributed by atoms with Gasteiger partial charge in [0.05, 0.1) is 12.0 Å². The van der Waals surface area contributed by atoms with E-state index < -0.39 is 0 Å². The van der Waals surface area contributed by atoms with Crippen LogP contribution in [0.15, 0.2) is 66.7 Å². The van der Waals surface area contributed by atoms with Crippen molar-refractivity contribution in [2.24, 2.45) is 0 Å². The second-order valence-electron chi connectivity index (χ2n) is 9.07. The summed E-state index contributed by atoms with van der Waals surface area (Å²) in [6.07, 6.45) is 3.91. The smallest absolute Gasteiger partial charge is 0.308 e. The van der Waals surface area contributed by atoms with Gasteiger partial charge in [0.25, 0.3) is 0 Å². The fourth-order valence-corrected chi connectivity index (χ4v) is 5.69. The lowest BCUT2D eigenvalue weighted by Crippen LogP contribution is -2.33. The molecule has 1 aliphatic rings. The van der Waals surface area contributed by atoms with E-state index in [1.54, 1.807) is 24.5 Å². The number of ether oxygens (including phenoxy) is 4. The number of rotatable bonds is 9. The van der Waals surface area contributed by atoms with Crippen LogP contribution >= 0.6 is 11.3 Å². The zero-order valence-corrected chi connectivity index (χ0v) is 22.0. The van der Waals surface area contributed by atoms with Crippen molar-refractivity contribution >= 4 is 27.4 Å². The highest BCUT2D eigenvalue weighted by Crippen LogP contribution is 2.47. The number of piperidine rings is 1. The van der Waals surface area contributed by atoms with Gasteiger partial charge in [-0.15, -0.1) is 11.3 Å². The van der Waals surface area contributed by atoms with E-state index in [1.807, 2.05) is 60.7 Å². The van der Waals surface area contributed by atoms with Crippen LogP contribution in [0.1, 0.15) is 26.2 Å². The molecule has 37 heavy (non-hydrogen) atoms. The molecule has 192 valence electrons. The molecule has 1 aliphatic heterocycles. The van der Waals surface area contributed by atoms with Gasteiger partial charge in [-0.25, -0.2) is 0 Å². The topological polar surface area (TPSA) is 57.2 Å². The molecule has 0 amide bonds. The predicted octanol–water partition coefficient (Wildman–Crippen LogP) is 7.16. The van der Waals surface area contributed by atoms with Crippen LogP contribution in [0.4, 0.5) is 0 Å². The highest BCUT2D eigenvalue weighted by Gasteiger charge is 2.18. The first-order chi connectivity index (χ1) is 18.1. The summed E-state index contributed by atoms with van der Waals surface area (Å²) >= 11 is 1.58. The number of benzene rings is 3. The van der Waals surface area contributed by atoms with Crippen LogP contribution in [0.2, 0.25) is 0 Å². The van der Waals surface area contributed by atoms with E-state index in [9.17, 15) is 4.79 Å². The van der Waals surface area contributed by atoms with Gasteiger partial charge in [-0.2, -0.15) is 0 Å². The van der Waals surface area contributed by atoms with Crippen molar-refractivity contribution in [3.05, 3.63) is 66.7 Å². The molecule has 0 radical (unpaired) electrons. The van der Waals surface area contributed by atoms with Crippen molar-refractivity contribution in [3.8, 4) is 39.2 Å². The van der Waals surface area contributed by atoms with Gasteiger partial charge in [-0.05, 0) is 86.1 Å². The van der Waals surface area contributed by atoms with Crippen LogP contribution in [0.25, 0.3) is 20.5 Å². The van der Waals surface area contributed by atoms with E-state index in [-0.39, 0.29) is 5.97 Å². The Bertz CT molecular complexity index is 1360. The molecule has 2 heterocycles. The van der Waals surface area contributed by atoms with Gasteiger partial charge in [0, 0.05) is 23.6 Å². The van der Waals surface area contributed by atoms with Crippen molar-refractivity contribution < 1.29 is 23.7 Å². The summed E-state index contributed by atoms with van der Waals surface area (Å²) in [6.45, 7) is 5.37. The molecule has 0 atom stereocenters. The third-order valence-electron chi connectivity index (χ3n) is 6.38. The lowest BCUT2D eigenvalue weighted by atomic mass is 10.1. The van der Waals surface area contributed by atoms with Gasteiger partial charge in [0.15, 0.2) is 5.75 Å². The molecule has 5 rings (SSSR count). The maximum Gasteiger partial charge on any atom is 0.308 e. The standard InChI is InChI=1S/C30H31NO5S/c1-21(32)35-26-13-14-27-28(20-26)37-30(22-7-6-8-25(19-22)33-2)29(27)36-24-11-9-23(10-12-24)34-18-17-31-15-4-3-5-16-31/h6-14,19-20H,3-5,15-18H2,1-2H3. The highest BCUT2D eigenvalue weighted by molar-refractivity contribution is 7.22. The molecule has 3 aromatic carbocycles. The Morgan fingerprint density at radius 1 is 0.892 bits per heavy atom. The highest BCUT2D eigenvalue weighted by atomic mass is 32.1. The summed E-state index contributed by atoms with van der Waals surface area (Å²) in [5.74, 6) is 3.23. The first-order valence-electron chi connectivity index (χ1n) is 12.6. The fourth-order valence-electron chi connectivity index (χ4n) is 4.54. The Morgan fingerprint density at radius 2 is 1.65 bits per heavy atom. The number of carbonyl (C=O) groups is 1. The van der Waals surface area contributed by atoms with Crippen molar-refractivity contribution in [1.82, 2.24) is 4.90 Å². The van der Waals surface area contributed by atoms with Crippen LogP contribution in [-0.2, 0) is 4.79 Å². The van der Waals surface area contributed by atoms with E-state index in [2.05, 4.69) is 4.90 Å². The van der Waals surface area contributed by atoms with Crippen molar-refractivity contribution in [3.63, 3.8) is 0 Å². The van der Waals surface area contributed by atoms with Crippen molar-refractivity contribution in [2.45, 2.75) is 26.2 Å². The molecule has 1 fully saturated rings. The number of fused-ring (bicyclic) bond motifs is 1. The number of likely N-dealkylation sites (tertiary alicyclic amines) is 1. The lowest BCUT2D eigenvalue weighted by molar-refractivity contribution is -0.131. The van der Waals surface area contributed by atoms with E-state index >= 15 is 0 Å². The number of hydrogen-bond donors (Lipinski definition) is 0. The van der Waals surface area contributed by atoms with Crippen LogP contribution in [-0.4, -0.2) is 44.2 Å². The van der Waals surface area contributed by atoms with Gasteiger partial charge >= 0.3 is 5.97 Å². The average Bonchev–Trinajstić information content (AvgIpc) is 3.27. The second-order valence-corrected chi connectivity index (χ2v) is 10.1. The SMILES string of the molecule is COc1cccc(-c2sc3cc(OC(C)=O)ccc3c2Oc2ccc(OCCN3CCCCC3)cc2)c1. The van der Waals surface area contributed by atoms with Gasteiger partial charge in [0.1, 0.15) is 29.6 Å². The number of hydrogen-bond acceptors (Lipinski definition) is 7. The maximum atomic E-state index is 11.5. The first-order valence-corrected chi connectivity index (χ1v) is 13.4. The quantitative estimate of drug-likeness (QED) is 0.173. The number of methoxy groups -OCH3 is 1. The van der Waals surface area contributed by atoms with Gasteiger partial charge in [-0.1, -0.05) is 18.6 Å². The monoisotopic (exact) mass is 517 g/mol. The molecule has 0 unspecified atom stereocenters. The van der Waals surface area contributed by atoms with Crippen LogP contribution < -0.4 is 18.9 Å². The third-order valence-corrected chi connectivity index (χ3v) is 7.56. The largest absolute Gasteiger partial charge is 0.497 e. The van der Waals surface area contributed by atoms with Crippen LogP contribution in [0, 0.1) is 0 Å². The number of esters is 1. The number of thiophene rings is 1. The molecule has 0 spiro atoms. The molecular formula is C30H31NO5S. The molecule has 0 saturated carbocycles. The normalized spacial score (nSPS) is 13.9. The third kappa shape index (κ3) is 6.24. The summed E-state index contributed by atoms with van der Waals surface area (Å²) < 4.78 is 24.2. The molecule has 1 saturated heterocycles. The average molecular weight is 518 g/mol.